The molecule has 0 radical (unpaired) electrons. The molecule has 0 aliphatic heterocycles. The number of hydrogen-bond acceptors (Lipinski definition) is 4. The summed E-state index contributed by atoms with van der Waals surface area (Å²) in [5.41, 5.74) is 7.41. The minimum absolute atomic E-state index is 0.109. The molecular formula is C27H28N4O. The van der Waals surface area contributed by atoms with E-state index in [4.69, 9.17) is 11.1 Å². The van der Waals surface area contributed by atoms with Gasteiger partial charge in [-0.1, -0.05) is 12.1 Å². The summed E-state index contributed by atoms with van der Waals surface area (Å²) in [5, 5.41) is 0. The zero-order chi connectivity index (χ0) is 22.8. The van der Waals surface area contributed by atoms with Crippen LogP contribution in [0.1, 0.15) is 18.9 Å². The summed E-state index contributed by atoms with van der Waals surface area (Å²) in [5.74, 6) is 1.67. The van der Waals surface area contributed by atoms with Crippen LogP contribution in [0.25, 0.3) is 33.9 Å². The van der Waals surface area contributed by atoms with Crippen molar-refractivity contribution in [1.29, 1.82) is 0 Å². The van der Waals surface area contributed by atoms with Crippen molar-refractivity contribution in [2.45, 2.75) is 19.2 Å². The van der Waals surface area contributed by atoms with Crippen LogP contribution in [0.2, 0.25) is 0 Å². The van der Waals surface area contributed by atoms with E-state index in [9.17, 15) is 0 Å². The third-order valence-corrected chi connectivity index (χ3v) is 5.80. The second-order valence-corrected chi connectivity index (χ2v) is 8.38. The van der Waals surface area contributed by atoms with E-state index in [1.54, 1.807) is 12.4 Å². The summed E-state index contributed by atoms with van der Waals surface area (Å²) in [4.78, 5) is 14.8. The van der Waals surface area contributed by atoms with E-state index in [-0.39, 0.29) is 6.40 Å². The van der Waals surface area contributed by atoms with Crippen molar-refractivity contribution >= 4 is 0 Å². The van der Waals surface area contributed by atoms with Crippen LogP contribution >= 0.6 is 0 Å². The number of aryl methyl sites for hydroxylation is 2. The summed E-state index contributed by atoms with van der Waals surface area (Å²) in [7, 11) is 4.07. The first kappa shape index (κ1) is 19.3. The van der Waals surface area contributed by atoms with Crippen LogP contribution in [0.4, 0.5) is 0 Å². The van der Waals surface area contributed by atoms with E-state index < -0.39 is 0 Å². The molecule has 5 heteroatoms. The Morgan fingerprint density at radius 1 is 0.969 bits per heavy atom. The fraction of sp³-hybridized carbons (Fsp3) is 0.259. The molecule has 4 aromatic rings. The zero-order valence-electron chi connectivity index (χ0n) is 19.5. The number of imidazole rings is 1. The highest BCUT2D eigenvalue weighted by molar-refractivity contribution is 5.81. The number of pyridine rings is 1. The molecule has 0 saturated carbocycles. The Kier molecular flexibility index (Phi) is 5.40. The number of fused-ring (bicyclic) bond motifs is 1. The number of benzene rings is 2. The largest absolute Gasteiger partial charge is 0.492 e. The van der Waals surface area contributed by atoms with E-state index in [2.05, 4.69) is 33.1 Å². The van der Waals surface area contributed by atoms with Gasteiger partial charge >= 0.3 is 0 Å². The second-order valence-electron chi connectivity index (χ2n) is 8.38. The normalized spacial score (nSPS) is 15.6. The Bertz CT molecular complexity index is 1230. The smallest absolute Gasteiger partial charge is 0.138 e. The Morgan fingerprint density at radius 3 is 2.53 bits per heavy atom. The molecule has 1 aliphatic carbocycles. The van der Waals surface area contributed by atoms with Gasteiger partial charge in [0.15, 0.2) is 0 Å². The molecule has 5 rings (SSSR count). The number of H-pyrrole nitrogens is 1. The fourth-order valence-corrected chi connectivity index (χ4v) is 4.05. The maximum absolute atomic E-state index is 8.22. The number of likely N-dealkylation sites (N-methyl/N-ethyl adjacent to an activating group) is 1. The molecule has 0 amide bonds. The van der Waals surface area contributed by atoms with Crippen molar-refractivity contribution in [3.05, 3.63) is 78.1 Å². The van der Waals surface area contributed by atoms with Gasteiger partial charge in [0.05, 0.1) is 11.4 Å². The van der Waals surface area contributed by atoms with Gasteiger partial charge in [0.1, 0.15) is 18.2 Å². The zero-order valence-corrected chi connectivity index (χ0v) is 18.5. The second kappa shape index (κ2) is 8.97. The van der Waals surface area contributed by atoms with Gasteiger partial charge < -0.3 is 14.6 Å². The summed E-state index contributed by atoms with van der Waals surface area (Å²) in [6.45, 7) is 1.53. The van der Waals surface area contributed by atoms with Gasteiger partial charge in [0.25, 0.3) is 0 Å². The van der Waals surface area contributed by atoms with Crippen molar-refractivity contribution in [2.75, 3.05) is 27.2 Å². The molecule has 0 fully saturated rings. The molecule has 1 unspecified atom stereocenters. The van der Waals surface area contributed by atoms with Crippen LogP contribution in [0.3, 0.4) is 0 Å². The average Bonchev–Trinajstić information content (AvgIpc) is 3.44. The molecule has 1 aliphatic rings. The van der Waals surface area contributed by atoms with Crippen molar-refractivity contribution in [3.8, 4) is 39.7 Å². The number of nitrogens with zero attached hydrogens (tertiary/aromatic N) is 3. The number of hydrogen-bond donors (Lipinski definition) is 1. The number of aromatic amines is 1. The van der Waals surface area contributed by atoms with Gasteiger partial charge in [-0.2, -0.15) is 0 Å². The Hall–Kier alpha value is -3.44. The van der Waals surface area contributed by atoms with E-state index in [0.29, 0.717) is 6.61 Å². The molecule has 32 heavy (non-hydrogen) atoms. The first-order valence-electron chi connectivity index (χ1n) is 11.6. The van der Waals surface area contributed by atoms with Crippen LogP contribution in [0.15, 0.2) is 67.0 Å². The topological polar surface area (TPSA) is 54.0 Å². The Morgan fingerprint density at radius 2 is 1.75 bits per heavy atom. The summed E-state index contributed by atoms with van der Waals surface area (Å²) < 4.78 is 14.1. The van der Waals surface area contributed by atoms with E-state index in [1.165, 1.54) is 5.56 Å². The first-order valence-corrected chi connectivity index (χ1v) is 11.0. The molecule has 2 aromatic heterocycles. The van der Waals surface area contributed by atoms with Crippen molar-refractivity contribution in [3.63, 3.8) is 0 Å². The fourth-order valence-electron chi connectivity index (χ4n) is 4.05. The third-order valence-electron chi connectivity index (χ3n) is 5.80. The molecule has 162 valence electrons. The highest BCUT2D eigenvalue weighted by atomic mass is 16.5. The lowest BCUT2D eigenvalue weighted by Gasteiger charge is -2.11. The molecule has 2 aromatic carbocycles. The Labute approximate surface area is 190 Å². The van der Waals surface area contributed by atoms with Crippen molar-refractivity contribution < 1.29 is 6.11 Å². The van der Waals surface area contributed by atoms with Crippen molar-refractivity contribution in [2.24, 2.45) is 0 Å². The molecule has 0 spiro atoms. The predicted molar refractivity (Wildman–Crippen MR) is 129 cm³/mol. The molecule has 2 heterocycles. The highest BCUT2D eigenvalue weighted by Gasteiger charge is 2.18. The van der Waals surface area contributed by atoms with E-state index >= 15 is 0 Å². The lowest BCUT2D eigenvalue weighted by Crippen LogP contribution is -2.19. The minimum Gasteiger partial charge on any atom is -0.492 e. The lowest BCUT2D eigenvalue weighted by molar-refractivity contribution is 0.261. The van der Waals surface area contributed by atoms with Gasteiger partial charge in [-0.25, -0.2) is 4.98 Å². The number of ether oxygens (including phenoxy) is 1. The maximum Gasteiger partial charge on any atom is 0.138 e. The molecule has 5 nitrogen and oxygen atoms in total. The molecule has 1 atom stereocenters. The molecular weight excluding hydrogens is 396 g/mol. The summed E-state index contributed by atoms with van der Waals surface area (Å²) in [6, 6.07) is 18.4. The van der Waals surface area contributed by atoms with Crippen LogP contribution in [-0.4, -0.2) is 47.1 Å². The van der Waals surface area contributed by atoms with Gasteiger partial charge in [-0.3, -0.25) is 4.98 Å². The van der Waals surface area contributed by atoms with E-state index in [0.717, 1.165) is 64.6 Å². The number of rotatable bonds is 7. The minimum atomic E-state index is -0.109. The lowest BCUT2D eigenvalue weighted by atomic mass is 10.0. The first-order chi connectivity index (χ1) is 16.1. The van der Waals surface area contributed by atoms with Crippen LogP contribution in [0, 0.1) is 0 Å². The van der Waals surface area contributed by atoms with Gasteiger partial charge in [-0.05, 0) is 86.9 Å². The average molecular weight is 426 g/mol. The van der Waals surface area contributed by atoms with Gasteiger partial charge in [0.2, 0.25) is 0 Å². The van der Waals surface area contributed by atoms with E-state index in [1.807, 2.05) is 50.5 Å². The summed E-state index contributed by atoms with van der Waals surface area (Å²) in [6.07, 6.45) is 5.33. The number of nitrogens with one attached hydrogen (secondary N) is 1. The quantitative estimate of drug-likeness (QED) is 0.440. The van der Waals surface area contributed by atoms with Gasteiger partial charge in [-0.15, -0.1) is 0 Å². The highest BCUT2D eigenvalue weighted by Crippen LogP contribution is 2.35. The molecule has 0 bridgehead atoms. The van der Waals surface area contributed by atoms with Crippen LogP contribution < -0.4 is 4.74 Å². The van der Waals surface area contributed by atoms with Crippen LogP contribution in [-0.2, 0) is 12.8 Å². The van der Waals surface area contributed by atoms with Crippen LogP contribution in [0.5, 0.6) is 5.75 Å². The third kappa shape index (κ3) is 4.30. The predicted octanol–water partition coefficient (Wildman–Crippen LogP) is 5.23. The molecule has 1 N–H and O–H groups in total. The standard InChI is InChI=1S/C27H28N4O/c1-31(2)16-17-32-24-10-8-21(9-11-24)27-29-25(20-12-14-28-15-13-20)26(30-27)23-7-6-19-4-3-5-22(19)18-23/h6-15,18H,3-5,16-17H2,1-2H3,(H,29,30)/i4D. The monoisotopic (exact) mass is 425 g/mol. The molecule has 0 saturated heterocycles. The SMILES string of the molecule is [2H]C1CCc2cc(-c3nc(-c4ccc(OCCN(C)C)cc4)[nH]c3-c3ccncc3)ccc21. The summed E-state index contributed by atoms with van der Waals surface area (Å²) >= 11 is 0. The number of aromatic nitrogens is 3. The van der Waals surface area contributed by atoms with Crippen molar-refractivity contribution in [1.82, 2.24) is 19.9 Å². The maximum atomic E-state index is 8.22. The van der Waals surface area contributed by atoms with Gasteiger partial charge in [0, 0.05) is 37.0 Å². The Balaban J connectivity index is 1.49.